The Morgan fingerprint density at radius 3 is 2.48 bits per heavy atom. The number of hydrogen-bond donors (Lipinski definition) is 0. The highest BCUT2D eigenvalue weighted by Crippen LogP contribution is 2.11. The summed E-state index contributed by atoms with van der Waals surface area (Å²) in [6.45, 7) is 6.27. The van der Waals surface area contributed by atoms with E-state index in [2.05, 4.69) is 4.79 Å². The summed E-state index contributed by atoms with van der Waals surface area (Å²) in [5.41, 5.74) is 7.86. The van der Waals surface area contributed by atoms with Crippen LogP contribution in [0.25, 0.3) is 5.53 Å². The van der Waals surface area contributed by atoms with E-state index in [1.165, 1.54) is 4.57 Å². The van der Waals surface area contributed by atoms with Crippen LogP contribution in [0.4, 0.5) is 4.79 Å². The van der Waals surface area contributed by atoms with Crippen LogP contribution in [0.3, 0.4) is 0 Å². The highest BCUT2D eigenvalue weighted by molar-refractivity contribution is 6.61. The van der Waals surface area contributed by atoms with Gasteiger partial charge in [0.2, 0.25) is 5.78 Å². The lowest BCUT2D eigenvalue weighted by atomic mass is 10.2. The first-order valence-electron chi connectivity index (χ1n) is 6.95. The Bertz CT molecular complexity index is 663. The molecule has 1 rings (SSSR count). The van der Waals surface area contributed by atoms with Gasteiger partial charge in [-0.25, -0.2) is 9.59 Å². The fourth-order valence-corrected chi connectivity index (χ4v) is 1.68. The number of esters is 1. The van der Waals surface area contributed by atoms with E-state index in [-0.39, 0.29) is 13.0 Å². The number of ketones is 1. The number of rotatable bonds is 5. The van der Waals surface area contributed by atoms with Crippen molar-refractivity contribution in [1.82, 2.24) is 4.57 Å². The van der Waals surface area contributed by atoms with E-state index < -0.39 is 29.2 Å². The van der Waals surface area contributed by atoms with Gasteiger partial charge in [0.15, 0.2) is 0 Å². The van der Waals surface area contributed by atoms with Crippen LogP contribution in [0.15, 0.2) is 18.3 Å². The van der Waals surface area contributed by atoms with Gasteiger partial charge in [-0.3, -0.25) is 9.36 Å². The molecule has 0 atom stereocenters. The maximum Gasteiger partial charge on any atom is 0.441 e. The van der Waals surface area contributed by atoms with Crippen LogP contribution in [0, 0.1) is 0 Å². The number of ether oxygens (including phenoxy) is 2. The molecule has 0 spiro atoms. The van der Waals surface area contributed by atoms with E-state index in [9.17, 15) is 14.4 Å². The molecule has 0 N–H and O–H groups in total. The molecule has 0 aliphatic rings. The van der Waals surface area contributed by atoms with Gasteiger partial charge in [0.25, 0.3) is 0 Å². The summed E-state index contributed by atoms with van der Waals surface area (Å²) < 4.78 is 11.4. The lowest BCUT2D eigenvalue weighted by Crippen LogP contribution is -2.28. The third kappa shape index (κ3) is 5.52. The molecule has 1 heterocycles. The van der Waals surface area contributed by atoms with Crippen molar-refractivity contribution < 1.29 is 28.6 Å². The highest BCUT2D eigenvalue weighted by atomic mass is 16.6. The molecule has 0 fully saturated rings. The summed E-state index contributed by atoms with van der Waals surface area (Å²) in [7, 11) is 0. The quantitative estimate of drug-likeness (QED) is 0.269. The van der Waals surface area contributed by atoms with Gasteiger partial charge in [0.1, 0.15) is 5.60 Å². The summed E-state index contributed by atoms with van der Waals surface area (Å²) in [5, 5.41) is 0. The first-order chi connectivity index (χ1) is 10.7. The first-order valence-corrected chi connectivity index (χ1v) is 6.95. The molecule has 8 nitrogen and oxygen atoms in total. The van der Waals surface area contributed by atoms with Crippen LogP contribution in [-0.4, -0.2) is 45.1 Å². The van der Waals surface area contributed by atoms with Gasteiger partial charge in [0, 0.05) is 25.2 Å². The first kappa shape index (κ1) is 18.3. The monoisotopic (exact) mass is 321 g/mol. The minimum atomic E-state index is -1.02. The molecule has 8 heteroatoms. The minimum Gasteiger partial charge on any atom is -0.456 e. The van der Waals surface area contributed by atoms with Crippen LogP contribution in [-0.2, 0) is 25.5 Å². The number of nitrogens with zero attached hydrogens (tertiary/aromatic N) is 3. The zero-order chi connectivity index (χ0) is 17.6. The Morgan fingerprint density at radius 2 is 1.96 bits per heavy atom. The molecule has 1 aromatic heterocycles. The molecule has 0 aliphatic carbocycles. The van der Waals surface area contributed by atoms with Crippen LogP contribution < -0.4 is 0 Å². The van der Waals surface area contributed by atoms with E-state index in [1.807, 2.05) is 0 Å². The van der Waals surface area contributed by atoms with E-state index in [1.54, 1.807) is 39.1 Å². The minimum absolute atomic E-state index is 0.0854. The van der Waals surface area contributed by atoms with Gasteiger partial charge in [0.05, 0.1) is 6.61 Å². The topological polar surface area (TPSA) is 111 Å². The summed E-state index contributed by atoms with van der Waals surface area (Å²) in [4.78, 5) is 37.2. The van der Waals surface area contributed by atoms with Crippen molar-refractivity contribution in [3.05, 3.63) is 29.6 Å². The fourth-order valence-electron chi connectivity index (χ4n) is 1.68. The van der Waals surface area contributed by atoms with Crippen molar-refractivity contribution in [2.24, 2.45) is 0 Å². The molecule has 0 aliphatic heterocycles. The second-order valence-corrected chi connectivity index (χ2v) is 5.74. The summed E-state index contributed by atoms with van der Waals surface area (Å²) in [6, 6.07) is 3.35. The zero-order valence-corrected chi connectivity index (χ0v) is 13.5. The van der Waals surface area contributed by atoms with Crippen LogP contribution in [0.2, 0.25) is 0 Å². The molecule has 124 valence electrons. The lowest BCUT2D eigenvalue weighted by molar-refractivity contribution is -0.142. The van der Waals surface area contributed by atoms with Crippen molar-refractivity contribution in [3.63, 3.8) is 0 Å². The van der Waals surface area contributed by atoms with Gasteiger partial charge < -0.3 is 15.0 Å². The van der Waals surface area contributed by atoms with Crippen LogP contribution in [0.5, 0.6) is 0 Å². The molecule has 0 saturated carbocycles. The van der Waals surface area contributed by atoms with Crippen molar-refractivity contribution in [1.29, 1.82) is 0 Å². The largest absolute Gasteiger partial charge is 0.456 e. The summed E-state index contributed by atoms with van der Waals surface area (Å²) in [6.07, 6.45) is 1.24. The van der Waals surface area contributed by atoms with Crippen LogP contribution >= 0.6 is 0 Å². The Balaban J connectivity index is 2.66. The van der Waals surface area contributed by atoms with E-state index >= 15 is 0 Å². The van der Waals surface area contributed by atoms with Gasteiger partial charge >= 0.3 is 17.8 Å². The van der Waals surface area contributed by atoms with Crippen molar-refractivity contribution in [2.45, 2.75) is 39.7 Å². The maximum atomic E-state index is 12.0. The predicted molar refractivity (Wildman–Crippen MR) is 80.0 cm³/mol. The molecule has 0 saturated heterocycles. The Hall–Kier alpha value is -2.73. The molecular formula is C15H19N3O5. The molecule has 23 heavy (non-hydrogen) atoms. The third-order valence-corrected chi connectivity index (χ3v) is 2.64. The van der Waals surface area contributed by atoms with Gasteiger partial charge in [-0.15, -0.1) is 0 Å². The maximum absolute atomic E-state index is 12.0. The van der Waals surface area contributed by atoms with E-state index in [4.69, 9.17) is 15.0 Å². The van der Waals surface area contributed by atoms with Gasteiger partial charge in [-0.05, 0) is 32.9 Å². The fraction of sp³-hybridized carbons (Fsp3) is 0.467. The van der Waals surface area contributed by atoms with Gasteiger partial charge in [-0.2, -0.15) is 4.79 Å². The Labute approximate surface area is 133 Å². The summed E-state index contributed by atoms with van der Waals surface area (Å²) >= 11 is 0. The van der Waals surface area contributed by atoms with Crippen molar-refractivity contribution in [3.8, 4) is 0 Å². The average molecular weight is 321 g/mol. The second-order valence-electron chi connectivity index (χ2n) is 5.74. The number of aromatic nitrogens is 1. The molecule has 0 radical (unpaired) electrons. The van der Waals surface area contributed by atoms with Crippen molar-refractivity contribution >= 4 is 23.6 Å². The smallest absolute Gasteiger partial charge is 0.441 e. The molecule has 1 aromatic rings. The number of hydrogen-bond acceptors (Lipinski definition) is 5. The lowest BCUT2D eigenvalue weighted by Gasteiger charge is -2.20. The molecule has 0 amide bonds. The number of carbonyl (C=O) groups excluding carboxylic acids is 3. The van der Waals surface area contributed by atoms with Gasteiger partial charge in [-0.1, -0.05) is 0 Å². The Morgan fingerprint density at radius 1 is 1.30 bits per heavy atom. The molecular weight excluding hydrogens is 302 g/mol. The standard InChI is InChI=1S/C15H19N3O5/c1-10(19)12(17-16)13(20)22-9-7-11-6-5-8-18(11)14(21)23-15(2,3)4/h5-6,8H,7,9H2,1-4H3. The number of Topliss-reactive ketones (excluding diaryl/α,β-unsaturated/α-hetero) is 1. The second kappa shape index (κ2) is 7.51. The number of carbonyl (C=O) groups is 3. The average Bonchev–Trinajstić information content (AvgIpc) is 2.85. The Kier molecular flexibility index (Phi) is 5.98. The zero-order valence-electron chi connectivity index (χ0n) is 13.5. The third-order valence-electron chi connectivity index (χ3n) is 2.64. The molecule has 0 bridgehead atoms. The predicted octanol–water partition coefficient (Wildman–Crippen LogP) is 1.62. The van der Waals surface area contributed by atoms with E-state index in [0.29, 0.717) is 5.69 Å². The van der Waals surface area contributed by atoms with Crippen LogP contribution in [0.1, 0.15) is 33.4 Å². The molecule has 0 unspecified atom stereocenters. The highest BCUT2D eigenvalue weighted by Gasteiger charge is 2.27. The molecule has 0 aromatic carbocycles. The van der Waals surface area contributed by atoms with Crippen molar-refractivity contribution in [2.75, 3.05) is 6.61 Å². The van der Waals surface area contributed by atoms with E-state index in [0.717, 1.165) is 6.92 Å². The SMILES string of the molecule is CC(=O)C(=[N+]=[N-])C(=O)OCCc1cccn1C(=O)OC(C)(C)C. The summed E-state index contributed by atoms with van der Waals surface area (Å²) in [5.74, 6) is -1.72. The normalized spacial score (nSPS) is 10.6.